The van der Waals surface area contributed by atoms with E-state index in [1.165, 1.54) is 0 Å². The Hall–Kier alpha value is -3.28. The van der Waals surface area contributed by atoms with Crippen LogP contribution in [0.25, 0.3) is 5.69 Å². The van der Waals surface area contributed by atoms with Crippen molar-refractivity contribution < 1.29 is 9.67 Å². The van der Waals surface area contributed by atoms with E-state index >= 15 is 0 Å². The summed E-state index contributed by atoms with van der Waals surface area (Å²) in [4.78, 5) is 14.6. The first kappa shape index (κ1) is 14.6. The normalized spacial score (nSPS) is 11.0. The van der Waals surface area contributed by atoms with Crippen molar-refractivity contribution in [3.63, 3.8) is 0 Å². The fraction of sp³-hybridized carbons (Fsp3) is 0.0588. The van der Waals surface area contributed by atoms with Gasteiger partial charge in [-0.15, -0.1) is 5.11 Å². The molecule has 0 saturated heterocycles. The second kappa shape index (κ2) is 6.23. The number of aromatic hydroxyl groups is 1. The number of benzene rings is 1. The van der Waals surface area contributed by atoms with Gasteiger partial charge in [-0.1, -0.05) is 24.3 Å². The molecule has 23 heavy (non-hydrogen) atoms. The highest BCUT2D eigenvalue weighted by Gasteiger charge is 2.21. The number of pyridine rings is 2. The minimum absolute atomic E-state index is 0.236. The van der Waals surface area contributed by atoms with Crippen molar-refractivity contribution in [1.29, 1.82) is 0 Å². The second-order valence-corrected chi connectivity index (χ2v) is 4.94. The highest BCUT2D eigenvalue weighted by molar-refractivity contribution is 5.58. The Morgan fingerprint density at radius 2 is 1.65 bits per heavy atom. The molecule has 0 radical (unpaired) electrons. The summed E-state index contributed by atoms with van der Waals surface area (Å²) in [5.41, 5.74) is 1.44. The van der Waals surface area contributed by atoms with E-state index in [4.69, 9.17) is 0 Å². The van der Waals surface area contributed by atoms with Gasteiger partial charge in [-0.05, 0) is 19.1 Å². The molecule has 0 aliphatic rings. The summed E-state index contributed by atoms with van der Waals surface area (Å²) in [6, 6.07) is 14.7. The molecule has 2 aromatic heterocycles. The highest BCUT2D eigenvalue weighted by Crippen LogP contribution is 2.30. The van der Waals surface area contributed by atoms with Crippen LogP contribution in [0.3, 0.4) is 0 Å². The first-order valence-corrected chi connectivity index (χ1v) is 7.06. The van der Waals surface area contributed by atoms with Crippen LogP contribution in [0.5, 0.6) is 5.88 Å². The van der Waals surface area contributed by atoms with Crippen LogP contribution in [0, 0.1) is 6.92 Å². The van der Waals surface area contributed by atoms with E-state index < -0.39 is 5.56 Å². The maximum Gasteiger partial charge on any atom is 0.323 e. The molecule has 0 saturated carbocycles. The molecular formula is C17H15N4O2+. The standard InChI is InChI=1S/C17H14N4O2/c1-12-14(20-19-13-8-4-2-5-9-13)16(22)18-17(23)15(12)21-10-6-3-7-11-21/h2-11H,1H3,(H-,18,19,22,23)/p+1. The maximum atomic E-state index is 12.2. The summed E-state index contributed by atoms with van der Waals surface area (Å²) in [5.74, 6) is -0.299. The van der Waals surface area contributed by atoms with E-state index in [0.717, 1.165) is 0 Å². The van der Waals surface area contributed by atoms with E-state index in [-0.39, 0.29) is 11.6 Å². The van der Waals surface area contributed by atoms with E-state index in [1.54, 1.807) is 36.0 Å². The molecule has 0 fully saturated rings. The lowest BCUT2D eigenvalue weighted by Crippen LogP contribution is -2.37. The first-order chi connectivity index (χ1) is 11.2. The SMILES string of the molecule is Cc1c(N=Nc2ccccc2)c(O)[nH]c(=O)c1-[n+]1ccccc1. The number of H-pyrrole nitrogens is 1. The topological polar surface area (TPSA) is 81.7 Å². The summed E-state index contributed by atoms with van der Waals surface area (Å²) in [6.07, 6.45) is 3.51. The van der Waals surface area contributed by atoms with E-state index in [1.807, 2.05) is 36.4 Å². The molecule has 0 amide bonds. The second-order valence-electron chi connectivity index (χ2n) is 4.94. The number of rotatable bonds is 3. The van der Waals surface area contributed by atoms with Crippen molar-refractivity contribution in [2.45, 2.75) is 6.92 Å². The average molecular weight is 307 g/mol. The molecule has 3 aromatic rings. The van der Waals surface area contributed by atoms with Gasteiger partial charge in [0, 0.05) is 12.1 Å². The number of hydrogen-bond acceptors (Lipinski definition) is 4. The van der Waals surface area contributed by atoms with Gasteiger partial charge in [0.25, 0.3) is 5.69 Å². The fourth-order valence-electron chi connectivity index (χ4n) is 2.27. The molecule has 2 N–H and O–H groups in total. The third kappa shape index (κ3) is 3.01. The van der Waals surface area contributed by atoms with E-state index in [2.05, 4.69) is 15.2 Å². The monoisotopic (exact) mass is 307 g/mol. The van der Waals surface area contributed by atoms with Crippen LogP contribution in [0.2, 0.25) is 0 Å². The van der Waals surface area contributed by atoms with Crippen molar-refractivity contribution in [2.75, 3.05) is 0 Å². The highest BCUT2D eigenvalue weighted by atomic mass is 16.3. The van der Waals surface area contributed by atoms with Crippen LogP contribution in [-0.2, 0) is 0 Å². The lowest BCUT2D eigenvalue weighted by molar-refractivity contribution is -0.597. The molecule has 0 unspecified atom stereocenters. The van der Waals surface area contributed by atoms with Gasteiger partial charge in [0.05, 0.1) is 11.3 Å². The van der Waals surface area contributed by atoms with Crippen molar-refractivity contribution in [2.24, 2.45) is 10.2 Å². The molecule has 0 atom stereocenters. The zero-order valence-corrected chi connectivity index (χ0v) is 12.5. The lowest BCUT2D eigenvalue weighted by atomic mass is 10.2. The third-order valence-corrected chi connectivity index (χ3v) is 3.38. The Bertz CT molecular complexity index is 903. The summed E-state index contributed by atoms with van der Waals surface area (Å²) < 4.78 is 1.68. The Morgan fingerprint density at radius 3 is 2.35 bits per heavy atom. The molecule has 1 aromatic carbocycles. The largest absolute Gasteiger partial charge is 0.493 e. The Morgan fingerprint density at radius 1 is 1.00 bits per heavy atom. The quantitative estimate of drug-likeness (QED) is 0.576. The molecule has 0 spiro atoms. The minimum Gasteiger partial charge on any atom is -0.493 e. The minimum atomic E-state index is -0.394. The zero-order valence-electron chi connectivity index (χ0n) is 12.5. The molecule has 6 heteroatoms. The molecule has 0 aliphatic heterocycles. The predicted octanol–water partition coefficient (Wildman–Crippen LogP) is 3.08. The number of aromatic nitrogens is 2. The maximum absolute atomic E-state index is 12.2. The number of aromatic amines is 1. The molecule has 0 bridgehead atoms. The zero-order chi connectivity index (χ0) is 16.2. The van der Waals surface area contributed by atoms with Gasteiger partial charge < -0.3 is 5.11 Å². The van der Waals surface area contributed by atoms with Crippen molar-refractivity contribution >= 4 is 11.4 Å². The van der Waals surface area contributed by atoms with Crippen molar-refractivity contribution in [3.8, 4) is 11.6 Å². The molecule has 6 nitrogen and oxygen atoms in total. The predicted molar refractivity (Wildman–Crippen MR) is 85.6 cm³/mol. The Balaban J connectivity index is 2.12. The van der Waals surface area contributed by atoms with Gasteiger partial charge in [0.15, 0.2) is 18.1 Å². The molecular weight excluding hydrogens is 292 g/mol. The van der Waals surface area contributed by atoms with Gasteiger partial charge in [-0.2, -0.15) is 9.68 Å². The van der Waals surface area contributed by atoms with E-state index in [0.29, 0.717) is 16.9 Å². The van der Waals surface area contributed by atoms with Gasteiger partial charge in [-0.25, -0.2) is 0 Å². The Kier molecular flexibility index (Phi) is 3.97. The summed E-state index contributed by atoms with van der Waals surface area (Å²) in [7, 11) is 0. The smallest absolute Gasteiger partial charge is 0.323 e. The number of hydrogen-bond donors (Lipinski definition) is 2. The molecule has 2 heterocycles. The number of nitrogens with one attached hydrogen (secondary N) is 1. The van der Waals surface area contributed by atoms with Crippen LogP contribution in [0.4, 0.5) is 11.4 Å². The van der Waals surface area contributed by atoms with Gasteiger partial charge in [0.1, 0.15) is 0 Å². The Labute approximate surface area is 132 Å². The van der Waals surface area contributed by atoms with Crippen LogP contribution in [0.1, 0.15) is 5.56 Å². The number of azo groups is 1. The van der Waals surface area contributed by atoms with Crippen molar-refractivity contribution in [1.82, 2.24) is 4.98 Å². The molecule has 3 rings (SSSR count). The van der Waals surface area contributed by atoms with E-state index in [9.17, 15) is 9.90 Å². The third-order valence-electron chi connectivity index (χ3n) is 3.38. The van der Waals surface area contributed by atoms with Crippen LogP contribution in [-0.4, -0.2) is 10.1 Å². The van der Waals surface area contributed by atoms with Crippen LogP contribution < -0.4 is 10.1 Å². The molecule has 0 aliphatic carbocycles. The number of nitrogens with zero attached hydrogens (tertiary/aromatic N) is 3. The van der Waals surface area contributed by atoms with Crippen LogP contribution in [0.15, 0.2) is 75.9 Å². The van der Waals surface area contributed by atoms with Gasteiger partial charge in [0.2, 0.25) is 5.88 Å². The van der Waals surface area contributed by atoms with Crippen molar-refractivity contribution in [3.05, 3.63) is 76.8 Å². The van der Waals surface area contributed by atoms with Crippen LogP contribution >= 0.6 is 0 Å². The van der Waals surface area contributed by atoms with Gasteiger partial charge >= 0.3 is 5.56 Å². The summed E-state index contributed by atoms with van der Waals surface area (Å²) in [5, 5.41) is 18.2. The van der Waals surface area contributed by atoms with Gasteiger partial charge in [-0.3, -0.25) is 9.78 Å². The summed E-state index contributed by atoms with van der Waals surface area (Å²) in [6.45, 7) is 1.73. The summed E-state index contributed by atoms with van der Waals surface area (Å²) >= 11 is 0. The lowest BCUT2D eigenvalue weighted by Gasteiger charge is -2.04. The first-order valence-electron chi connectivity index (χ1n) is 7.06. The molecule has 114 valence electrons. The average Bonchev–Trinajstić information content (AvgIpc) is 2.56. The fourth-order valence-corrected chi connectivity index (χ4v) is 2.27.